The standard InChI is InChI=1S/C17H39P/c1-7-8-9-10-11-12-13-18(6,14-16(2)3)15-17(4)5/h16-18H,7-15H2,1-6H3. The van der Waals surface area contributed by atoms with Crippen LogP contribution in [-0.4, -0.2) is 25.2 Å². The molecule has 0 N–H and O–H groups in total. The van der Waals surface area contributed by atoms with Gasteiger partial charge in [0.15, 0.2) is 0 Å². The summed E-state index contributed by atoms with van der Waals surface area (Å²) in [5, 5.41) is 0. The second-order valence-electron chi connectivity index (χ2n) is 7.52. The molecule has 0 amide bonds. The van der Waals surface area contributed by atoms with Gasteiger partial charge in [0.25, 0.3) is 0 Å². The molecule has 0 rings (SSSR count). The summed E-state index contributed by atoms with van der Waals surface area (Å²) in [6.07, 6.45) is 13.4. The molecule has 0 aromatic rings. The third-order valence-electron chi connectivity index (χ3n) is 3.94. The fourth-order valence-corrected chi connectivity index (χ4v) is 9.21. The molecule has 0 aliphatic heterocycles. The predicted octanol–water partition coefficient (Wildman–Crippen LogP) is 6.04. The summed E-state index contributed by atoms with van der Waals surface area (Å²) in [6, 6.07) is 0. The molecule has 0 spiro atoms. The predicted molar refractivity (Wildman–Crippen MR) is 91.9 cm³/mol. The zero-order valence-electron chi connectivity index (χ0n) is 14.0. The molecule has 0 aliphatic carbocycles. The number of unbranched alkanes of at least 4 members (excludes halogenated alkanes) is 5. The Morgan fingerprint density at radius 1 is 0.722 bits per heavy atom. The Labute approximate surface area is 118 Å². The van der Waals surface area contributed by atoms with E-state index in [1.54, 1.807) is 18.5 Å². The molecule has 0 fully saturated rings. The fourth-order valence-electron chi connectivity index (χ4n) is 3.59. The van der Waals surface area contributed by atoms with Crippen LogP contribution in [0.4, 0.5) is 0 Å². The minimum absolute atomic E-state index is 0.903. The first kappa shape index (κ1) is 18.4. The van der Waals surface area contributed by atoms with Gasteiger partial charge in [-0.25, -0.2) is 0 Å². The van der Waals surface area contributed by atoms with Crippen LogP contribution in [0.1, 0.15) is 73.1 Å². The van der Waals surface area contributed by atoms with E-state index in [2.05, 4.69) is 41.3 Å². The van der Waals surface area contributed by atoms with E-state index in [1.165, 1.54) is 38.5 Å². The third-order valence-corrected chi connectivity index (χ3v) is 9.10. The first-order chi connectivity index (χ1) is 8.39. The van der Waals surface area contributed by atoms with E-state index in [9.17, 15) is 0 Å². The van der Waals surface area contributed by atoms with Gasteiger partial charge >= 0.3 is 117 Å². The SMILES string of the molecule is CCCCCCCC[PH](C)(CC(C)C)CC(C)C. The molecule has 0 aromatic carbocycles. The molecule has 0 aliphatic rings. The second kappa shape index (κ2) is 10.2. The normalized spacial score (nSPS) is 13.6. The average Bonchev–Trinajstić information content (AvgIpc) is 2.20. The van der Waals surface area contributed by atoms with Crippen molar-refractivity contribution in [1.29, 1.82) is 0 Å². The average molecular weight is 274 g/mol. The van der Waals surface area contributed by atoms with Gasteiger partial charge in [-0.3, -0.25) is 0 Å². The summed E-state index contributed by atoms with van der Waals surface area (Å²) in [5.41, 5.74) is 0. The monoisotopic (exact) mass is 274 g/mol. The van der Waals surface area contributed by atoms with Crippen molar-refractivity contribution >= 4 is 7.26 Å². The molecule has 0 saturated carbocycles. The van der Waals surface area contributed by atoms with Gasteiger partial charge in [0, 0.05) is 0 Å². The van der Waals surface area contributed by atoms with E-state index in [0.29, 0.717) is 0 Å². The maximum absolute atomic E-state index is 2.67. The summed E-state index contributed by atoms with van der Waals surface area (Å²) >= 11 is 0. The van der Waals surface area contributed by atoms with Crippen molar-refractivity contribution in [3.8, 4) is 0 Å². The van der Waals surface area contributed by atoms with Crippen LogP contribution in [0.5, 0.6) is 0 Å². The van der Waals surface area contributed by atoms with E-state index >= 15 is 0 Å². The van der Waals surface area contributed by atoms with Crippen molar-refractivity contribution < 1.29 is 0 Å². The molecule has 0 heterocycles. The molecule has 0 radical (unpaired) electrons. The van der Waals surface area contributed by atoms with Crippen LogP contribution in [0.15, 0.2) is 0 Å². The van der Waals surface area contributed by atoms with Crippen LogP contribution in [0.2, 0.25) is 0 Å². The first-order valence-corrected chi connectivity index (χ1v) is 11.5. The van der Waals surface area contributed by atoms with E-state index in [1.807, 2.05) is 0 Å². The molecule has 112 valence electrons. The van der Waals surface area contributed by atoms with Crippen LogP contribution in [0.25, 0.3) is 0 Å². The van der Waals surface area contributed by atoms with Crippen LogP contribution >= 0.6 is 7.26 Å². The summed E-state index contributed by atoms with van der Waals surface area (Å²) < 4.78 is 0. The first-order valence-electron chi connectivity index (χ1n) is 8.39. The Bertz CT molecular complexity index is 174. The summed E-state index contributed by atoms with van der Waals surface area (Å²) in [6.45, 7) is 14.6. The van der Waals surface area contributed by atoms with Gasteiger partial charge in [0.1, 0.15) is 0 Å². The van der Waals surface area contributed by atoms with Crippen LogP contribution in [-0.2, 0) is 0 Å². The Morgan fingerprint density at radius 3 is 1.61 bits per heavy atom. The molecule has 0 atom stereocenters. The Kier molecular flexibility index (Phi) is 10.5. The van der Waals surface area contributed by atoms with E-state index in [4.69, 9.17) is 0 Å². The van der Waals surface area contributed by atoms with Crippen molar-refractivity contribution in [3.05, 3.63) is 0 Å². The van der Waals surface area contributed by atoms with Crippen molar-refractivity contribution in [3.63, 3.8) is 0 Å². The number of hydrogen-bond donors (Lipinski definition) is 0. The van der Waals surface area contributed by atoms with Crippen LogP contribution in [0, 0.1) is 11.8 Å². The van der Waals surface area contributed by atoms with Gasteiger partial charge in [0.05, 0.1) is 0 Å². The van der Waals surface area contributed by atoms with Crippen molar-refractivity contribution in [2.45, 2.75) is 73.1 Å². The quantitative estimate of drug-likeness (QED) is 0.318. The van der Waals surface area contributed by atoms with Crippen molar-refractivity contribution in [2.24, 2.45) is 11.8 Å². The van der Waals surface area contributed by atoms with Gasteiger partial charge < -0.3 is 0 Å². The van der Waals surface area contributed by atoms with Gasteiger partial charge in [0.2, 0.25) is 0 Å². The zero-order chi connectivity index (χ0) is 14.0. The molecular formula is C17H39P. The molecule has 18 heavy (non-hydrogen) atoms. The molecule has 0 unspecified atom stereocenters. The van der Waals surface area contributed by atoms with Crippen molar-refractivity contribution in [1.82, 2.24) is 0 Å². The van der Waals surface area contributed by atoms with Gasteiger partial charge in [-0.2, -0.15) is 0 Å². The second-order valence-corrected chi connectivity index (χ2v) is 12.5. The van der Waals surface area contributed by atoms with Crippen LogP contribution < -0.4 is 0 Å². The topological polar surface area (TPSA) is 0 Å². The van der Waals surface area contributed by atoms with E-state index < -0.39 is 7.26 Å². The Balaban J connectivity index is 3.93. The maximum atomic E-state index is 2.67. The van der Waals surface area contributed by atoms with Crippen LogP contribution in [0.3, 0.4) is 0 Å². The molecule has 0 nitrogen and oxygen atoms in total. The number of rotatable bonds is 11. The third kappa shape index (κ3) is 10.4. The fraction of sp³-hybridized carbons (Fsp3) is 1.00. The van der Waals surface area contributed by atoms with E-state index in [0.717, 1.165) is 11.8 Å². The minimum atomic E-state index is -0.944. The summed E-state index contributed by atoms with van der Waals surface area (Å²) in [5.74, 6) is 1.81. The molecule has 1 heteroatoms. The molecule has 0 saturated heterocycles. The molecular weight excluding hydrogens is 235 g/mol. The van der Waals surface area contributed by atoms with Gasteiger partial charge in [-0.15, -0.1) is 0 Å². The molecule has 0 aromatic heterocycles. The van der Waals surface area contributed by atoms with E-state index in [-0.39, 0.29) is 0 Å². The summed E-state index contributed by atoms with van der Waals surface area (Å²) in [4.78, 5) is 0. The molecule has 0 bridgehead atoms. The number of hydrogen-bond acceptors (Lipinski definition) is 0. The zero-order valence-corrected chi connectivity index (χ0v) is 15.0. The van der Waals surface area contributed by atoms with Crippen molar-refractivity contribution in [2.75, 3.05) is 25.2 Å². The Morgan fingerprint density at radius 2 is 1.17 bits per heavy atom. The van der Waals surface area contributed by atoms with Gasteiger partial charge in [-0.05, 0) is 0 Å². The van der Waals surface area contributed by atoms with Gasteiger partial charge in [-0.1, -0.05) is 0 Å². The Hall–Kier alpha value is 0.430. The summed E-state index contributed by atoms with van der Waals surface area (Å²) in [7, 11) is -0.944.